The van der Waals surface area contributed by atoms with E-state index in [4.69, 9.17) is 21.6 Å². The van der Waals surface area contributed by atoms with Crippen LogP contribution in [0.25, 0.3) is 0 Å². The van der Waals surface area contributed by atoms with Crippen LogP contribution < -0.4 is 9.80 Å². The molecular weight excluding hydrogens is 572 g/mol. The third kappa shape index (κ3) is 6.61. The van der Waals surface area contributed by atoms with E-state index in [9.17, 15) is 9.59 Å². The maximum atomic E-state index is 14.4. The van der Waals surface area contributed by atoms with Gasteiger partial charge in [0, 0.05) is 75.2 Å². The molecule has 0 N–H and O–H groups in total. The molecule has 0 aliphatic carbocycles. The summed E-state index contributed by atoms with van der Waals surface area (Å²) in [7, 11) is 0. The molecule has 2 bridgehead atoms. The van der Waals surface area contributed by atoms with Crippen molar-refractivity contribution in [3.8, 4) is 0 Å². The van der Waals surface area contributed by atoms with Gasteiger partial charge < -0.3 is 14.7 Å². The minimum Gasteiger partial charge on any atom is -0.341 e. The SMILES string of the molecule is CC(=O)N1CC[C@H]2CC[C@@H](CN(C(=O)c3cnc(N4CCC(C)CC4)nc3C)Cc3ccccc31)N2Cc1ccc(Cl)cc1. The molecule has 0 radical (unpaired) electrons. The van der Waals surface area contributed by atoms with Gasteiger partial charge in [0.2, 0.25) is 11.9 Å². The van der Waals surface area contributed by atoms with Crippen molar-refractivity contribution in [2.75, 3.05) is 36.0 Å². The zero-order chi connectivity index (χ0) is 30.8. The molecule has 0 spiro atoms. The molecule has 6 rings (SSSR count). The molecule has 2 amide bonds. The van der Waals surface area contributed by atoms with Crippen molar-refractivity contribution in [1.82, 2.24) is 19.8 Å². The van der Waals surface area contributed by atoms with Gasteiger partial charge in [-0.1, -0.05) is 48.9 Å². The van der Waals surface area contributed by atoms with E-state index in [1.54, 1.807) is 13.1 Å². The Balaban J connectivity index is 1.34. The summed E-state index contributed by atoms with van der Waals surface area (Å²) in [5, 5.41) is 0.722. The second-order valence-electron chi connectivity index (χ2n) is 12.8. The molecule has 2 saturated heterocycles. The Hall–Kier alpha value is -3.49. The molecule has 0 unspecified atom stereocenters. The Morgan fingerprint density at radius 3 is 2.39 bits per heavy atom. The molecular formula is C35H43ClN6O2. The maximum Gasteiger partial charge on any atom is 0.257 e. The van der Waals surface area contributed by atoms with E-state index in [0.29, 0.717) is 48.8 Å². The largest absolute Gasteiger partial charge is 0.341 e. The van der Waals surface area contributed by atoms with Crippen LogP contribution in [0.3, 0.4) is 0 Å². The lowest BCUT2D eigenvalue weighted by Crippen LogP contribution is -2.45. The molecule has 232 valence electrons. The highest BCUT2D eigenvalue weighted by atomic mass is 35.5. The summed E-state index contributed by atoms with van der Waals surface area (Å²) in [6.07, 6.45) is 6.87. The van der Waals surface area contributed by atoms with Gasteiger partial charge in [-0.3, -0.25) is 14.5 Å². The first-order chi connectivity index (χ1) is 21.3. The predicted octanol–water partition coefficient (Wildman–Crippen LogP) is 6.11. The van der Waals surface area contributed by atoms with E-state index >= 15 is 0 Å². The molecule has 4 heterocycles. The first-order valence-corrected chi connectivity index (χ1v) is 16.4. The Labute approximate surface area is 266 Å². The van der Waals surface area contributed by atoms with Crippen molar-refractivity contribution in [1.29, 1.82) is 0 Å². The molecule has 9 heteroatoms. The fraction of sp³-hybridized carbons (Fsp3) is 0.486. The van der Waals surface area contributed by atoms with Gasteiger partial charge >= 0.3 is 0 Å². The second-order valence-corrected chi connectivity index (χ2v) is 13.2. The van der Waals surface area contributed by atoms with Gasteiger partial charge in [-0.25, -0.2) is 9.97 Å². The van der Waals surface area contributed by atoms with E-state index in [2.05, 4.69) is 28.9 Å². The average Bonchev–Trinajstić information content (AvgIpc) is 3.37. The number of aryl methyl sites for hydroxylation is 1. The van der Waals surface area contributed by atoms with E-state index in [0.717, 1.165) is 68.0 Å². The lowest BCUT2D eigenvalue weighted by Gasteiger charge is -2.34. The highest BCUT2D eigenvalue weighted by Gasteiger charge is 2.37. The van der Waals surface area contributed by atoms with Gasteiger partial charge in [-0.2, -0.15) is 0 Å². The van der Waals surface area contributed by atoms with Crippen LogP contribution in [0.2, 0.25) is 5.02 Å². The summed E-state index contributed by atoms with van der Waals surface area (Å²) in [6, 6.07) is 16.5. The van der Waals surface area contributed by atoms with Gasteiger partial charge in [-0.15, -0.1) is 0 Å². The number of benzene rings is 2. The summed E-state index contributed by atoms with van der Waals surface area (Å²) in [5.74, 6) is 1.37. The molecule has 0 saturated carbocycles. The second kappa shape index (κ2) is 13.2. The number of anilines is 2. The van der Waals surface area contributed by atoms with Crippen LogP contribution in [-0.4, -0.2) is 69.8 Å². The summed E-state index contributed by atoms with van der Waals surface area (Å²) >= 11 is 6.20. The third-order valence-electron chi connectivity index (χ3n) is 9.74. The number of nitrogens with zero attached hydrogens (tertiary/aromatic N) is 6. The first kappa shape index (κ1) is 30.5. The fourth-order valence-electron chi connectivity index (χ4n) is 7.09. The molecule has 8 nitrogen and oxygen atoms in total. The number of rotatable bonds is 4. The number of hydrogen-bond acceptors (Lipinski definition) is 6. The number of para-hydroxylation sites is 1. The van der Waals surface area contributed by atoms with Crippen LogP contribution >= 0.6 is 11.6 Å². The standard InChI is InChI=1S/C35H43ClN6O2/c1-24-14-17-39(18-15-24)35-37-20-32(25(2)38-35)34(44)40-22-28-6-4-5-7-33(28)41(26(3)43)19-16-30-12-13-31(23-40)42(30)21-27-8-10-29(36)11-9-27/h4-11,20,24,30-31H,12-19,21-23H2,1-3H3/t30-,31+/m1/s1. The molecule has 2 fully saturated rings. The quantitative estimate of drug-likeness (QED) is 0.353. The van der Waals surface area contributed by atoms with Crippen LogP contribution in [0.4, 0.5) is 11.6 Å². The van der Waals surface area contributed by atoms with E-state index < -0.39 is 0 Å². The van der Waals surface area contributed by atoms with E-state index in [-0.39, 0.29) is 17.9 Å². The zero-order valence-corrected chi connectivity index (χ0v) is 26.8. The van der Waals surface area contributed by atoms with Crippen molar-refractivity contribution in [2.24, 2.45) is 5.92 Å². The first-order valence-electron chi connectivity index (χ1n) is 16.0. The van der Waals surface area contributed by atoms with Crippen molar-refractivity contribution < 1.29 is 9.59 Å². The smallest absolute Gasteiger partial charge is 0.257 e. The number of carbonyl (C=O) groups is 2. The van der Waals surface area contributed by atoms with Crippen LogP contribution in [0, 0.1) is 12.8 Å². The Bertz CT molecular complexity index is 1490. The van der Waals surface area contributed by atoms with Gasteiger partial charge in [0.15, 0.2) is 0 Å². The van der Waals surface area contributed by atoms with Gasteiger partial charge in [-0.05, 0) is 74.3 Å². The van der Waals surface area contributed by atoms with E-state index in [1.165, 1.54) is 5.56 Å². The van der Waals surface area contributed by atoms with Crippen LogP contribution in [-0.2, 0) is 17.9 Å². The zero-order valence-electron chi connectivity index (χ0n) is 26.1. The van der Waals surface area contributed by atoms with Gasteiger partial charge in [0.1, 0.15) is 0 Å². The highest BCUT2D eigenvalue weighted by Crippen LogP contribution is 2.33. The summed E-state index contributed by atoms with van der Waals surface area (Å²) in [5.41, 5.74) is 4.28. The molecule has 2 aromatic carbocycles. The molecule has 44 heavy (non-hydrogen) atoms. The minimum atomic E-state index is -0.0698. The van der Waals surface area contributed by atoms with Gasteiger partial charge in [0.05, 0.1) is 11.3 Å². The predicted molar refractivity (Wildman–Crippen MR) is 175 cm³/mol. The maximum absolute atomic E-state index is 14.4. The lowest BCUT2D eigenvalue weighted by atomic mass is 10.00. The Morgan fingerprint density at radius 1 is 0.932 bits per heavy atom. The Morgan fingerprint density at radius 2 is 1.66 bits per heavy atom. The van der Waals surface area contributed by atoms with E-state index in [1.807, 2.05) is 53.1 Å². The Kier molecular flexibility index (Phi) is 9.19. The highest BCUT2D eigenvalue weighted by molar-refractivity contribution is 6.30. The van der Waals surface area contributed by atoms with Crippen molar-refractivity contribution in [3.05, 3.63) is 82.1 Å². The number of hydrogen-bond donors (Lipinski definition) is 0. The summed E-state index contributed by atoms with van der Waals surface area (Å²) < 4.78 is 0. The van der Waals surface area contributed by atoms with Crippen LogP contribution in [0.5, 0.6) is 0 Å². The molecule has 2 atom stereocenters. The monoisotopic (exact) mass is 614 g/mol. The molecule has 1 aromatic heterocycles. The number of fused-ring (bicyclic) bond motifs is 3. The number of amides is 2. The van der Waals surface area contributed by atoms with Crippen molar-refractivity contribution in [2.45, 2.75) is 78.0 Å². The summed E-state index contributed by atoms with van der Waals surface area (Å²) in [6.45, 7) is 10.1. The summed E-state index contributed by atoms with van der Waals surface area (Å²) in [4.78, 5) is 45.5. The molecule has 3 aliphatic heterocycles. The minimum absolute atomic E-state index is 0.0142. The van der Waals surface area contributed by atoms with Crippen LogP contribution in [0.1, 0.15) is 73.1 Å². The van der Waals surface area contributed by atoms with Crippen molar-refractivity contribution >= 4 is 35.1 Å². The lowest BCUT2D eigenvalue weighted by molar-refractivity contribution is -0.116. The van der Waals surface area contributed by atoms with Gasteiger partial charge in [0.25, 0.3) is 5.91 Å². The molecule has 3 aliphatic rings. The normalized spacial score (nSPS) is 21.6. The number of halogens is 1. The topological polar surface area (TPSA) is 72.9 Å². The number of carbonyl (C=O) groups excluding carboxylic acids is 2. The number of piperidine rings is 1. The molecule has 3 aromatic rings. The average molecular weight is 615 g/mol. The van der Waals surface area contributed by atoms with Crippen LogP contribution in [0.15, 0.2) is 54.7 Å². The number of aromatic nitrogens is 2. The third-order valence-corrected chi connectivity index (χ3v) is 9.99. The van der Waals surface area contributed by atoms with Crippen molar-refractivity contribution in [3.63, 3.8) is 0 Å². The fourth-order valence-corrected chi connectivity index (χ4v) is 7.21.